The van der Waals surface area contributed by atoms with Crippen molar-refractivity contribution in [2.45, 2.75) is 4.90 Å². The van der Waals surface area contributed by atoms with Crippen LogP contribution in [-0.4, -0.2) is 28.1 Å². The summed E-state index contributed by atoms with van der Waals surface area (Å²) < 4.78 is 27.6. The van der Waals surface area contributed by atoms with Gasteiger partial charge in [-0.3, -0.25) is 19.9 Å². The number of carbonyl (C=O) groups is 1. The van der Waals surface area contributed by atoms with E-state index >= 15 is 0 Å². The molecule has 0 aliphatic carbocycles. The minimum absolute atomic E-state index is 0.263. The average molecular weight is 433 g/mol. The third-order valence-corrected chi connectivity index (χ3v) is 6.41. The Morgan fingerprint density at radius 2 is 1.68 bits per heavy atom. The van der Waals surface area contributed by atoms with Gasteiger partial charge in [0.15, 0.2) is 10.7 Å². The number of nitro benzene ring substituents is 1. The van der Waals surface area contributed by atoms with Crippen molar-refractivity contribution in [1.29, 1.82) is 0 Å². The summed E-state index contributed by atoms with van der Waals surface area (Å²) in [4.78, 5) is 26.5. The third-order valence-electron chi connectivity index (χ3n) is 4.69. The minimum atomic E-state index is -4.26. The van der Waals surface area contributed by atoms with Gasteiger partial charge in [-0.1, -0.05) is 30.3 Å². The Morgan fingerprint density at radius 3 is 2.42 bits per heavy atom. The van der Waals surface area contributed by atoms with Crippen LogP contribution < -0.4 is 0 Å². The number of hydrogen-bond donors (Lipinski definition) is 0. The first-order valence-corrected chi connectivity index (χ1v) is 10.5. The first kappa shape index (κ1) is 20.2. The van der Waals surface area contributed by atoms with E-state index in [1.165, 1.54) is 48.9 Å². The van der Waals surface area contributed by atoms with Gasteiger partial charge >= 0.3 is 0 Å². The van der Waals surface area contributed by atoms with Crippen LogP contribution in [0.4, 0.5) is 5.69 Å². The zero-order valence-corrected chi connectivity index (χ0v) is 16.8. The zero-order valence-electron chi connectivity index (χ0n) is 16.0. The van der Waals surface area contributed by atoms with E-state index < -0.39 is 25.5 Å². The molecule has 2 aromatic carbocycles. The number of hydrogen-bond acceptors (Lipinski definition) is 6. The molecule has 0 unspecified atom stereocenters. The summed E-state index contributed by atoms with van der Waals surface area (Å²) in [6.45, 7) is 0. The summed E-state index contributed by atoms with van der Waals surface area (Å²) in [6, 6.07) is 15.1. The molecule has 31 heavy (non-hydrogen) atoms. The van der Waals surface area contributed by atoms with Gasteiger partial charge < -0.3 is 0 Å². The number of pyridine rings is 1. The molecule has 0 aliphatic rings. The van der Waals surface area contributed by atoms with Gasteiger partial charge in [0.1, 0.15) is 0 Å². The highest BCUT2D eigenvalue weighted by Crippen LogP contribution is 2.30. The molecule has 9 heteroatoms. The van der Waals surface area contributed by atoms with Crippen LogP contribution in [0.25, 0.3) is 17.0 Å². The van der Waals surface area contributed by atoms with Crippen LogP contribution in [0.3, 0.4) is 0 Å². The van der Waals surface area contributed by atoms with Crippen molar-refractivity contribution in [2.24, 2.45) is 0 Å². The maximum Gasteiger partial charge on any atom is 0.289 e. The number of nitrogens with zero attached hydrogens (tertiary/aromatic N) is 3. The highest BCUT2D eigenvalue weighted by atomic mass is 32.2. The second-order valence-corrected chi connectivity index (χ2v) is 8.34. The predicted molar refractivity (Wildman–Crippen MR) is 115 cm³/mol. The lowest BCUT2D eigenvalue weighted by atomic mass is 10.1. The van der Waals surface area contributed by atoms with Crippen molar-refractivity contribution >= 4 is 38.5 Å². The van der Waals surface area contributed by atoms with Crippen LogP contribution in [0.2, 0.25) is 0 Å². The smallest absolute Gasteiger partial charge is 0.289 e. The van der Waals surface area contributed by atoms with Crippen molar-refractivity contribution in [3.8, 4) is 0 Å². The van der Waals surface area contributed by atoms with Crippen molar-refractivity contribution < 1.29 is 18.1 Å². The second kappa shape index (κ2) is 7.96. The van der Waals surface area contributed by atoms with Crippen LogP contribution in [0, 0.1) is 10.1 Å². The van der Waals surface area contributed by atoms with Crippen LogP contribution in [-0.2, 0) is 10.0 Å². The molecule has 0 aliphatic heterocycles. The van der Waals surface area contributed by atoms with Crippen LogP contribution in [0.15, 0.2) is 90.2 Å². The monoisotopic (exact) mass is 433 g/mol. The normalized spacial score (nSPS) is 11.7. The average Bonchev–Trinajstić information content (AvgIpc) is 3.17. The molecule has 0 bridgehead atoms. The molecular formula is C22H15N3O5S. The fraction of sp³-hybridized carbons (Fsp3) is 0. The zero-order chi connectivity index (χ0) is 22.0. The van der Waals surface area contributed by atoms with Gasteiger partial charge in [0.25, 0.3) is 15.7 Å². The van der Waals surface area contributed by atoms with E-state index in [-0.39, 0.29) is 5.78 Å². The number of aromatic nitrogens is 2. The lowest BCUT2D eigenvalue weighted by Gasteiger charge is -2.07. The topological polar surface area (TPSA) is 112 Å². The van der Waals surface area contributed by atoms with E-state index in [2.05, 4.69) is 4.98 Å². The molecule has 0 saturated carbocycles. The number of rotatable bonds is 6. The lowest BCUT2D eigenvalue weighted by molar-refractivity contribution is -0.387. The van der Waals surface area contributed by atoms with Crippen molar-refractivity contribution in [3.05, 3.63) is 107 Å². The van der Waals surface area contributed by atoms with Gasteiger partial charge in [-0.05, 0) is 36.4 Å². The first-order chi connectivity index (χ1) is 14.9. The minimum Gasteiger partial charge on any atom is -0.289 e. The predicted octanol–water partition coefficient (Wildman–Crippen LogP) is 4.08. The number of para-hydroxylation sites is 2. The number of ketones is 1. The van der Waals surface area contributed by atoms with Crippen LogP contribution in [0.1, 0.15) is 15.9 Å². The van der Waals surface area contributed by atoms with Crippen molar-refractivity contribution in [3.63, 3.8) is 0 Å². The van der Waals surface area contributed by atoms with Gasteiger partial charge in [-0.25, -0.2) is 12.4 Å². The second-order valence-electron chi connectivity index (χ2n) is 6.56. The molecule has 0 N–H and O–H groups in total. The molecule has 4 rings (SSSR count). The fourth-order valence-electron chi connectivity index (χ4n) is 3.22. The molecule has 0 atom stereocenters. The molecule has 0 spiro atoms. The number of allylic oxidation sites excluding steroid dienone is 1. The maximum absolute atomic E-state index is 13.3. The molecule has 4 aromatic rings. The third kappa shape index (κ3) is 3.74. The van der Waals surface area contributed by atoms with Gasteiger partial charge in [0.05, 0.1) is 10.4 Å². The van der Waals surface area contributed by atoms with E-state index in [0.29, 0.717) is 22.0 Å². The molecule has 154 valence electrons. The molecule has 2 heterocycles. The van der Waals surface area contributed by atoms with E-state index in [4.69, 9.17) is 0 Å². The summed E-state index contributed by atoms with van der Waals surface area (Å²) in [5, 5.41) is 11.9. The van der Waals surface area contributed by atoms with E-state index in [1.54, 1.807) is 36.4 Å². The summed E-state index contributed by atoms with van der Waals surface area (Å²) in [5.41, 5.74) is 0.768. The quantitative estimate of drug-likeness (QED) is 0.196. The van der Waals surface area contributed by atoms with Gasteiger partial charge in [0.2, 0.25) is 0 Å². The first-order valence-electron chi connectivity index (χ1n) is 9.11. The van der Waals surface area contributed by atoms with Crippen molar-refractivity contribution in [1.82, 2.24) is 8.96 Å². The SMILES string of the molecule is O=C(/C=C/c1cn(S(=O)(=O)c2ccccc2[N+](=O)[O-])c2ccccc12)c1ccncc1. The summed E-state index contributed by atoms with van der Waals surface area (Å²) in [5.74, 6) is -0.263. The van der Waals surface area contributed by atoms with Gasteiger partial charge in [0, 0.05) is 41.2 Å². The maximum atomic E-state index is 13.3. The Hall–Kier alpha value is -4.11. The summed E-state index contributed by atoms with van der Waals surface area (Å²) in [6.07, 6.45) is 7.24. The molecule has 8 nitrogen and oxygen atoms in total. The Bertz CT molecular complexity index is 1440. The summed E-state index contributed by atoms with van der Waals surface area (Å²) >= 11 is 0. The Balaban J connectivity index is 1.84. The highest BCUT2D eigenvalue weighted by molar-refractivity contribution is 7.90. The van der Waals surface area contributed by atoms with Gasteiger partial charge in [-0.15, -0.1) is 0 Å². The largest absolute Gasteiger partial charge is 0.289 e. The van der Waals surface area contributed by atoms with E-state index in [1.807, 2.05) is 0 Å². The lowest BCUT2D eigenvalue weighted by Crippen LogP contribution is -2.13. The standard InChI is InChI=1S/C22H15N3O5S/c26-21(16-11-13-23-14-12-16)10-9-17-15-24(19-6-2-1-5-18(17)19)31(29,30)22-8-4-3-7-20(22)25(27)28/h1-15H/b10-9+. The van der Waals surface area contributed by atoms with Crippen molar-refractivity contribution in [2.75, 3.05) is 0 Å². The summed E-state index contributed by atoms with van der Waals surface area (Å²) in [7, 11) is -4.26. The van der Waals surface area contributed by atoms with E-state index in [9.17, 15) is 23.3 Å². The van der Waals surface area contributed by atoms with Crippen LogP contribution >= 0.6 is 0 Å². The molecule has 0 radical (unpaired) electrons. The Morgan fingerprint density at radius 1 is 1.00 bits per heavy atom. The van der Waals surface area contributed by atoms with Crippen LogP contribution in [0.5, 0.6) is 0 Å². The van der Waals surface area contributed by atoms with E-state index in [0.717, 1.165) is 10.0 Å². The number of carbonyl (C=O) groups excluding carboxylic acids is 1. The molecule has 0 amide bonds. The molecule has 0 fully saturated rings. The number of benzene rings is 2. The Labute approximate surface area is 177 Å². The fourth-order valence-corrected chi connectivity index (χ4v) is 4.76. The molecule has 2 aromatic heterocycles. The molecular weight excluding hydrogens is 418 g/mol. The van der Waals surface area contributed by atoms with Gasteiger partial charge in [-0.2, -0.15) is 0 Å². The highest BCUT2D eigenvalue weighted by Gasteiger charge is 2.28. The number of fused-ring (bicyclic) bond motifs is 1. The number of nitro groups is 1. The Kier molecular flexibility index (Phi) is 5.18. The molecule has 0 saturated heterocycles.